The van der Waals surface area contributed by atoms with Crippen molar-refractivity contribution in [2.45, 2.75) is 38.1 Å². The van der Waals surface area contributed by atoms with Crippen LogP contribution < -0.4 is 14.8 Å². The molecule has 4 rings (SSSR count). The summed E-state index contributed by atoms with van der Waals surface area (Å²) in [6.45, 7) is 4.78. The van der Waals surface area contributed by atoms with Gasteiger partial charge in [-0.05, 0) is 43.7 Å². The number of hydrogen-bond acceptors (Lipinski definition) is 7. The smallest absolute Gasteiger partial charge is 0.247 e. The van der Waals surface area contributed by atoms with Crippen molar-refractivity contribution in [1.29, 1.82) is 0 Å². The summed E-state index contributed by atoms with van der Waals surface area (Å²) in [5.74, 6) is 2.30. The maximum atomic E-state index is 6.29. The molecule has 6 nitrogen and oxygen atoms in total. The third-order valence-corrected chi connectivity index (χ3v) is 5.48. The Hall–Kier alpha value is -2.80. The van der Waals surface area contributed by atoms with E-state index in [0.717, 1.165) is 41.2 Å². The number of hydrogen-bond donors (Lipinski definition) is 1. The fourth-order valence-corrected chi connectivity index (χ4v) is 3.93. The normalized spacial score (nSPS) is 14.8. The summed E-state index contributed by atoms with van der Waals surface area (Å²) in [6, 6.07) is 15.9. The van der Waals surface area contributed by atoms with Gasteiger partial charge < -0.3 is 14.8 Å². The van der Waals surface area contributed by atoms with Gasteiger partial charge in [0, 0.05) is 22.6 Å². The van der Waals surface area contributed by atoms with Crippen LogP contribution in [0.3, 0.4) is 0 Å². The summed E-state index contributed by atoms with van der Waals surface area (Å²) in [5.41, 5.74) is 3.50. The largest absolute Gasteiger partial charge is 0.494 e. The zero-order valence-electron chi connectivity index (χ0n) is 16.6. The van der Waals surface area contributed by atoms with Crippen molar-refractivity contribution in [1.82, 2.24) is 15.2 Å². The third-order valence-electron chi connectivity index (χ3n) is 4.56. The lowest BCUT2D eigenvalue weighted by molar-refractivity contribution is 0.225. The fraction of sp³-hybridized carbons (Fsp3) is 0.318. The second-order valence-corrected chi connectivity index (χ2v) is 7.70. The quantitative estimate of drug-likeness (QED) is 0.418. The van der Waals surface area contributed by atoms with Crippen LogP contribution in [-0.2, 0) is 0 Å². The average Bonchev–Trinajstić information content (AvgIpc) is 2.91. The summed E-state index contributed by atoms with van der Waals surface area (Å²) < 4.78 is 11.8. The highest BCUT2D eigenvalue weighted by Crippen LogP contribution is 2.39. The lowest BCUT2D eigenvalue weighted by Gasteiger charge is -2.19. The van der Waals surface area contributed by atoms with Crippen LogP contribution in [0.2, 0.25) is 0 Å². The standard InChI is InChI=1S/C22H24N4O2S/c1-3-5-14-29-22-24-21-19(25-26-22)17-8-6-7-9-18(17)23-20(28-21)15-10-12-16(13-11-15)27-4-2/h6-13,20,23H,3-5,14H2,1-2H3. The van der Waals surface area contributed by atoms with Crippen LogP contribution in [0.25, 0.3) is 11.3 Å². The third kappa shape index (κ3) is 4.45. The second-order valence-electron chi connectivity index (χ2n) is 6.64. The highest BCUT2D eigenvalue weighted by molar-refractivity contribution is 7.99. The van der Waals surface area contributed by atoms with Gasteiger partial charge in [-0.2, -0.15) is 4.98 Å². The van der Waals surface area contributed by atoms with Gasteiger partial charge in [-0.25, -0.2) is 0 Å². The van der Waals surface area contributed by atoms with E-state index in [0.29, 0.717) is 23.3 Å². The minimum atomic E-state index is -0.390. The van der Waals surface area contributed by atoms with Gasteiger partial charge in [0.1, 0.15) is 5.75 Å². The van der Waals surface area contributed by atoms with Crippen molar-refractivity contribution in [3.8, 4) is 22.9 Å². The first-order valence-electron chi connectivity index (χ1n) is 9.91. The summed E-state index contributed by atoms with van der Waals surface area (Å²) in [7, 11) is 0. The molecule has 2 aromatic carbocycles. The highest BCUT2D eigenvalue weighted by Gasteiger charge is 2.26. The molecule has 0 aliphatic carbocycles. The molecule has 1 unspecified atom stereocenters. The first-order valence-corrected chi connectivity index (χ1v) is 10.9. The van der Waals surface area contributed by atoms with E-state index < -0.39 is 6.23 Å². The number of fused-ring (bicyclic) bond motifs is 3. The minimum Gasteiger partial charge on any atom is -0.494 e. The van der Waals surface area contributed by atoms with Crippen LogP contribution in [0.4, 0.5) is 5.69 Å². The van der Waals surface area contributed by atoms with Crippen LogP contribution in [-0.4, -0.2) is 27.5 Å². The van der Waals surface area contributed by atoms with Gasteiger partial charge in [-0.1, -0.05) is 43.3 Å². The van der Waals surface area contributed by atoms with E-state index in [-0.39, 0.29) is 0 Å². The van der Waals surface area contributed by atoms with E-state index in [1.165, 1.54) is 0 Å². The van der Waals surface area contributed by atoms with Crippen LogP contribution in [0.15, 0.2) is 53.7 Å². The fourth-order valence-electron chi connectivity index (χ4n) is 3.07. The molecular formula is C22H24N4O2S. The Kier molecular flexibility index (Phi) is 6.14. The topological polar surface area (TPSA) is 69.2 Å². The van der Waals surface area contributed by atoms with Crippen molar-refractivity contribution >= 4 is 17.4 Å². The molecule has 29 heavy (non-hydrogen) atoms. The summed E-state index contributed by atoms with van der Waals surface area (Å²) in [4.78, 5) is 4.67. The SMILES string of the molecule is CCCCSc1nnc2c(n1)OC(c1ccc(OCC)cc1)Nc1ccccc1-2. The molecule has 0 bridgehead atoms. The second kappa shape index (κ2) is 9.13. The molecule has 7 heteroatoms. The number of para-hydroxylation sites is 1. The van der Waals surface area contributed by atoms with Gasteiger partial charge in [-0.15, -0.1) is 10.2 Å². The molecule has 0 saturated carbocycles. The number of aromatic nitrogens is 3. The Bertz CT molecular complexity index is 965. The minimum absolute atomic E-state index is 0.390. The molecule has 3 aromatic rings. The number of anilines is 1. The van der Waals surface area contributed by atoms with E-state index in [1.54, 1.807) is 11.8 Å². The van der Waals surface area contributed by atoms with Crippen molar-refractivity contribution in [3.63, 3.8) is 0 Å². The molecule has 2 heterocycles. The number of nitrogens with one attached hydrogen (secondary N) is 1. The summed E-state index contributed by atoms with van der Waals surface area (Å²) >= 11 is 1.61. The van der Waals surface area contributed by atoms with E-state index in [2.05, 4.69) is 27.4 Å². The maximum absolute atomic E-state index is 6.29. The molecule has 0 spiro atoms. The Balaban J connectivity index is 1.68. The zero-order valence-corrected chi connectivity index (χ0v) is 17.4. The Morgan fingerprint density at radius 1 is 1.07 bits per heavy atom. The van der Waals surface area contributed by atoms with Gasteiger partial charge >= 0.3 is 0 Å². The van der Waals surface area contributed by atoms with E-state index >= 15 is 0 Å². The number of unbranched alkanes of at least 4 members (excludes halogenated alkanes) is 1. The van der Waals surface area contributed by atoms with Crippen molar-refractivity contribution < 1.29 is 9.47 Å². The number of benzene rings is 2. The number of rotatable bonds is 7. The Morgan fingerprint density at radius 3 is 2.69 bits per heavy atom. The molecule has 0 amide bonds. The molecule has 1 atom stereocenters. The van der Waals surface area contributed by atoms with Crippen LogP contribution in [0.5, 0.6) is 11.6 Å². The predicted molar refractivity (Wildman–Crippen MR) is 115 cm³/mol. The molecule has 1 aromatic heterocycles. The van der Waals surface area contributed by atoms with Crippen LogP contribution >= 0.6 is 11.8 Å². The molecule has 1 aliphatic rings. The molecule has 0 saturated heterocycles. The lowest BCUT2D eigenvalue weighted by atomic mass is 10.1. The molecule has 0 radical (unpaired) electrons. The monoisotopic (exact) mass is 408 g/mol. The zero-order chi connectivity index (χ0) is 20.1. The van der Waals surface area contributed by atoms with Gasteiger partial charge in [0.05, 0.1) is 6.61 Å². The molecular weight excluding hydrogens is 384 g/mol. The van der Waals surface area contributed by atoms with E-state index in [4.69, 9.17) is 9.47 Å². The molecule has 0 fully saturated rings. The van der Waals surface area contributed by atoms with Gasteiger partial charge in [0.15, 0.2) is 11.9 Å². The van der Waals surface area contributed by atoms with Crippen molar-refractivity contribution in [2.75, 3.05) is 17.7 Å². The van der Waals surface area contributed by atoms with Gasteiger partial charge in [0.25, 0.3) is 0 Å². The van der Waals surface area contributed by atoms with Gasteiger partial charge in [-0.3, -0.25) is 0 Å². The number of nitrogens with zero attached hydrogens (tertiary/aromatic N) is 3. The maximum Gasteiger partial charge on any atom is 0.247 e. The van der Waals surface area contributed by atoms with Crippen LogP contribution in [0, 0.1) is 0 Å². The van der Waals surface area contributed by atoms with Crippen LogP contribution in [0.1, 0.15) is 38.5 Å². The summed E-state index contributed by atoms with van der Waals surface area (Å²) in [5, 5.41) is 12.9. The molecule has 150 valence electrons. The Labute approximate surface area is 175 Å². The van der Waals surface area contributed by atoms with Crippen molar-refractivity contribution in [3.05, 3.63) is 54.1 Å². The van der Waals surface area contributed by atoms with E-state index in [1.807, 2.05) is 55.5 Å². The first kappa shape index (κ1) is 19.5. The summed E-state index contributed by atoms with van der Waals surface area (Å²) in [6.07, 6.45) is 1.86. The van der Waals surface area contributed by atoms with Crippen molar-refractivity contribution in [2.24, 2.45) is 0 Å². The predicted octanol–water partition coefficient (Wildman–Crippen LogP) is 5.33. The molecule has 1 aliphatic heterocycles. The number of thioether (sulfide) groups is 1. The first-order chi connectivity index (χ1) is 14.3. The number of ether oxygens (including phenoxy) is 2. The van der Waals surface area contributed by atoms with Gasteiger partial charge in [0.2, 0.25) is 11.0 Å². The molecule has 1 N–H and O–H groups in total. The van der Waals surface area contributed by atoms with E-state index in [9.17, 15) is 0 Å². The average molecular weight is 409 g/mol. The lowest BCUT2D eigenvalue weighted by Crippen LogP contribution is -2.17. The highest BCUT2D eigenvalue weighted by atomic mass is 32.2. The Morgan fingerprint density at radius 2 is 1.90 bits per heavy atom.